The second-order valence-corrected chi connectivity index (χ2v) is 15.6. The summed E-state index contributed by atoms with van der Waals surface area (Å²) < 4.78 is 37.2. The Morgan fingerprint density at radius 3 is 2.32 bits per heavy atom. The van der Waals surface area contributed by atoms with Gasteiger partial charge < -0.3 is 24.3 Å². The van der Waals surface area contributed by atoms with E-state index in [0.29, 0.717) is 64.6 Å². The molecule has 0 aliphatic carbocycles. The van der Waals surface area contributed by atoms with Gasteiger partial charge in [-0.3, -0.25) is 14.9 Å². The van der Waals surface area contributed by atoms with E-state index in [1.54, 1.807) is 42.5 Å². The van der Waals surface area contributed by atoms with Gasteiger partial charge in [-0.25, -0.2) is 14.4 Å². The van der Waals surface area contributed by atoms with Crippen molar-refractivity contribution in [2.75, 3.05) is 25.1 Å². The lowest BCUT2D eigenvalue weighted by Crippen LogP contribution is -2.37. The van der Waals surface area contributed by atoms with Gasteiger partial charge in [-0.2, -0.15) is 0 Å². The first kappa shape index (κ1) is 42.9. The fourth-order valence-electron chi connectivity index (χ4n) is 7.41. The van der Waals surface area contributed by atoms with Crippen LogP contribution < -0.4 is 24.8 Å². The molecule has 10 nitrogen and oxygen atoms in total. The summed E-state index contributed by atoms with van der Waals surface area (Å²) in [6.07, 6.45) is 8.21. The number of fused-ring (bicyclic) bond motifs is 2. The molecule has 8 rings (SSSR count). The zero-order valence-electron chi connectivity index (χ0n) is 34.6. The smallest absolute Gasteiger partial charge is 0.261 e. The van der Waals surface area contributed by atoms with E-state index >= 15 is 0 Å². The number of hydrogen-bond acceptors (Lipinski definition) is 9. The van der Waals surface area contributed by atoms with Gasteiger partial charge in [0.25, 0.3) is 5.91 Å². The van der Waals surface area contributed by atoms with E-state index in [4.69, 9.17) is 30.5 Å². The molecule has 1 aromatic heterocycles. The molecule has 0 bridgehead atoms. The number of unbranched alkanes of at least 4 members (excludes halogenated alkanes) is 4. The number of nitrogens with zero attached hydrogens (tertiary/aromatic N) is 2. The maximum atomic E-state index is 13.6. The SMILES string of the molecule is O=C1Cc2cccc(Oc3ccc(CCCCCCCOCCOc4ccc(-c5ccc6ncnc(Nc7ccc(OCc8cccc(F)c8)c(Cl)c7)c6c5)cc4)cc3)c2C(=O)N1. The standard InChI is InChI=1S/C51H46ClFN4O6/c52-44-31-40(18-24-46(44)62-32-35-9-6-11-39(53)28-35)56-50-43-29-37(17-23-45(43)54-33-55-50)36-15-21-41(22-16-36)61-27-26-60-25-5-3-1-2-4-8-34-13-19-42(20-14-34)63-47-12-7-10-38-30-48(58)57-51(59)49(38)47/h6-7,9-24,28-29,31,33H,1-5,8,25-27,30,32H2,(H,54,55,56)(H,57,58,59). The highest BCUT2D eigenvalue weighted by molar-refractivity contribution is 6.32. The van der Waals surface area contributed by atoms with Crippen LogP contribution in [0.15, 0.2) is 134 Å². The van der Waals surface area contributed by atoms with Crippen LogP contribution in [0, 0.1) is 5.82 Å². The van der Waals surface area contributed by atoms with Crippen LogP contribution in [0.25, 0.3) is 22.0 Å². The maximum Gasteiger partial charge on any atom is 0.261 e. The van der Waals surface area contributed by atoms with Crippen molar-refractivity contribution in [3.63, 3.8) is 0 Å². The number of hydrogen-bond donors (Lipinski definition) is 2. The van der Waals surface area contributed by atoms with Gasteiger partial charge in [0.1, 0.15) is 54.2 Å². The Morgan fingerprint density at radius 2 is 1.48 bits per heavy atom. The van der Waals surface area contributed by atoms with E-state index in [-0.39, 0.29) is 24.8 Å². The van der Waals surface area contributed by atoms with Crippen LogP contribution in [0.4, 0.5) is 15.9 Å². The normalized spacial score (nSPS) is 12.2. The van der Waals surface area contributed by atoms with E-state index in [1.807, 2.05) is 54.6 Å². The summed E-state index contributed by atoms with van der Waals surface area (Å²) in [6, 6.07) is 39.0. The van der Waals surface area contributed by atoms with Crippen molar-refractivity contribution >= 4 is 45.8 Å². The number of carbonyl (C=O) groups excluding carboxylic acids is 2. The van der Waals surface area contributed by atoms with E-state index < -0.39 is 5.91 Å². The number of anilines is 2. The molecule has 2 N–H and O–H groups in total. The Bertz CT molecular complexity index is 2700. The molecule has 6 aromatic carbocycles. The van der Waals surface area contributed by atoms with Crippen molar-refractivity contribution in [1.82, 2.24) is 15.3 Å². The third-order valence-electron chi connectivity index (χ3n) is 10.6. The average molecular weight is 865 g/mol. The van der Waals surface area contributed by atoms with Crippen molar-refractivity contribution in [2.45, 2.75) is 51.6 Å². The lowest BCUT2D eigenvalue weighted by molar-refractivity contribution is -0.119. The van der Waals surface area contributed by atoms with E-state index in [0.717, 1.165) is 72.0 Å². The van der Waals surface area contributed by atoms with Crippen LogP contribution in [0.3, 0.4) is 0 Å². The van der Waals surface area contributed by atoms with Gasteiger partial charge in [0.2, 0.25) is 5.91 Å². The highest BCUT2D eigenvalue weighted by Crippen LogP contribution is 2.34. The minimum Gasteiger partial charge on any atom is -0.491 e. The second-order valence-electron chi connectivity index (χ2n) is 15.2. The molecule has 2 heterocycles. The van der Waals surface area contributed by atoms with Gasteiger partial charge in [0.05, 0.1) is 29.1 Å². The van der Waals surface area contributed by atoms with E-state index in [2.05, 4.69) is 38.8 Å². The summed E-state index contributed by atoms with van der Waals surface area (Å²) in [5, 5.41) is 7.01. The topological polar surface area (TPSA) is 121 Å². The minimum absolute atomic E-state index is 0.169. The zero-order chi connectivity index (χ0) is 43.4. The van der Waals surface area contributed by atoms with Gasteiger partial charge in [-0.1, -0.05) is 85.5 Å². The van der Waals surface area contributed by atoms with Crippen molar-refractivity contribution in [3.05, 3.63) is 167 Å². The second kappa shape index (κ2) is 20.8. The molecule has 0 radical (unpaired) electrons. The number of nitrogens with one attached hydrogen (secondary N) is 2. The first-order valence-corrected chi connectivity index (χ1v) is 21.4. The molecule has 1 aliphatic heterocycles. The minimum atomic E-state index is -0.422. The Hall–Kier alpha value is -6.82. The molecule has 0 spiro atoms. The lowest BCUT2D eigenvalue weighted by Gasteiger charge is -2.18. The number of ether oxygens (including phenoxy) is 4. The fraction of sp³-hybridized carbons (Fsp3) is 0.216. The molecule has 0 fully saturated rings. The van der Waals surface area contributed by atoms with Gasteiger partial charge in [0, 0.05) is 17.7 Å². The number of halogens is 2. The van der Waals surface area contributed by atoms with Gasteiger partial charge in [-0.15, -0.1) is 0 Å². The number of benzene rings is 6. The molecular formula is C51H46ClFN4O6. The third-order valence-corrected chi connectivity index (χ3v) is 10.9. The Balaban J connectivity index is 0.716. The van der Waals surface area contributed by atoms with Gasteiger partial charge >= 0.3 is 0 Å². The summed E-state index contributed by atoms with van der Waals surface area (Å²) in [7, 11) is 0. The molecule has 63 heavy (non-hydrogen) atoms. The van der Waals surface area contributed by atoms with Crippen LogP contribution in [0.5, 0.6) is 23.0 Å². The van der Waals surface area contributed by atoms with Crippen LogP contribution in [0.2, 0.25) is 5.02 Å². The third kappa shape index (κ3) is 11.6. The first-order chi connectivity index (χ1) is 30.8. The number of aryl methyl sites for hydroxylation is 1. The molecule has 12 heteroatoms. The first-order valence-electron chi connectivity index (χ1n) is 21.1. The number of imide groups is 1. The van der Waals surface area contributed by atoms with E-state index in [1.165, 1.54) is 24.0 Å². The highest BCUT2D eigenvalue weighted by atomic mass is 35.5. The zero-order valence-corrected chi connectivity index (χ0v) is 35.3. The molecule has 0 unspecified atom stereocenters. The number of rotatable bonds is 20. The molecule has 1 aliphatic rings. The Morgan fingerprint density at radius 1 is 0.683 bits per heavy atom. The summed E-state index contributed by atoms with van der Waals surface area (Å²) in [5.41, 5.74) is 6.62. The van der Waals surface area contributed by atoms with Crippen molar-refractivity contribution in [2.24, 2.45) is 0 Å². The maximum absolute atomic E-state index is 13.6. The monoisotopic (exact) mass is 864 g/mol. The van der Waals surface area contributed by atoms with E-state index in [9.17, 15) is 14.0 Å². The number of amides is 2. The van der Waals surface area contributed by atoms with Crippen molar-refractivity contribution < 1.29 is 32.9 Å². The molecule has 0 atom stereocenters. The summed E-state index contributed by atoms with van der Waals surface area (Å²) in [4.78, 5) is 33.1. The van der Waals surface area contributed by atoms with Crippen LogP contribution >= 0.6 is 11.6 Å². The molecule has 0 saturated carbocycles. The van der Waals surface area contributed by atoms with Crippen LogP contribution in [0.1, 0.15) is 59.2 Å². The fourth-order valence-corrected chi connectivity index (χ4v) is 7.64. The molecule has 320 valence electrons. The Kier molecular flexibility index (Phi) is 14.2. The van der Waals surface area contributed by atoms with Crippen molar-refractivity contribution in [1.29, 1.82) is 0 Å². The number of aromatic nitrogens is 2. The quantitative estimate of drug-likeness (QED) is 0.0570. The van der Waals surface area contributed by atoms with Crippen molar-refractivity contribution in [3.8, 4) is 34.1 Å². The largest absolute Gasteiger partial charge is 0.491 e. The molecule has 2 amide bonds. The summed E-state index contributed by atoms with van der Waals surface area (Å²) in [5.74, 6) is 1.98. The molecular weight excluding hydrogens is 819 g/mol. The lowest BCUT2D eigenvalue weighted by atomic mass is 9.99. The average Bonchev–Trinajstić information content (AvgIpc) is 3.28. The predicted molar refractivity (Wildman–Crippen MR) is 243 cm³/mol. The number of carbonyl (C=O) groups is 2. The summed E-state index contributed by atoms with van der Waals surface area (Å²) in [6.45, 7) is 1.90. The van der Waals surface area contributed by atoms with Crippen LogP contribution in [-0.4, -0.2) is 41.6 Å². The van der Waals surface area contributed by atoms with Gasteiger partial charge in [-0.05, 0) is 120 Å². The summed E-state index contributed by atoms with van der Waals surface area (Å²) >= 11 is 6.55. The highest BCUT2D eigenvalue weighted by Gasteiger charge is 2.26. The predicted octanol–water partition coefficient (Wildman–Crippen LogP) is 11.6. The Labute approximate surface area is 370 Å². The van der Waals surface area contributed by atoms with Crippen LogP contribution in [-0.2, 0) is 29.0 Å². The molecule has 0 saturated heterocycles. The van der Waals surface area contributed by atoms with Gasteiger partial charge in [0.15, 0.2) is 0 Å². The molecule has 7 aromatic rings.